The molecule has 4 nitrogen and oxygen atoms in total. The molecule has 0 saturated heterocycles. The van der Waals surface area contributed by atoms with E-state index in [0.717, 1.165) is 42.6 Å². The van der Waals surface area contributed by atoms with E-state index in [1.807, 2.05) is 30.3 Å². The lowest BCUT2D eigenvalue weighted by Crippen LogP contribution is -2.52. The van der Waals surface area contributed by atoms with Crippen LogP contribution in [0.25, 0.3) is 0 Å². The van der Waals surface area contributed by atoms with Crippen LogP contribution in [0.15, 0.2) is 72.8 Å². The molecule has 1 atom stereocenters. The minimum Gasteiger partial charge on any atom is -0.352 e. The molecule has 3 aromatic carbocycles. The van der Waals surface area contributed by atoms with Crippen molar-refractivity contribution >= 4 is 23.6 Å². The Morgan fingerprint density at radius 1 is 0.921 bits per heavy atom. The van der Waals surface area contributed by atoms with Crippen molar-refractivity contribution in [2.45, 2.75) is 70.3 Å². The molecule has 0 bridgehead atoms. The number of benzene rings is 3. The van der Waals surface area contributed by atoms with Crippen molar-refractivity contribution in [3.05, 3.63) is 106 Å². The molecule has 0 aliphatic heterocycles. The summed E-state index contributed by atoms with van der Waals surface area (Å²) in [6, 6.07) is 21.9. The molecule has 0 aromatic heterocycles. The van der Waals surface area contributed by atoms with Gasteiger partial charge in [0.1, 0.15) is 11.9 Å². The molecule has 0 spiro atoms. The van der Waals surface area contributed by atoms with Crippen LogP contribution in [0, 0.1) is 19.7 Å². The predicted molar refractivity (Wildman–Crippen MR) is 153 cm³/mol. The second-order valence-electron chi connectivity index (χ2n) is 10.3. The van der Waals surface area contributed by atoms with E-state index >= 15 is 0 Å². The van der Waals surface area contributed by atoms with Gasteiger partial charge >= 0.3 is 0 Å². The Labute approximate surface area is 230 Å². The fourth-order valence-corrected chi connectivity index (χ4v) is 6.04. The Bertz CT molecular complexity index is 1190. The van der Waals surface area contributed by atoms with Gasteiger partial charge in [-0.1, -0.05) is 84.6 Å². The fourth-order valence-electron chi connectivity index (χ4n) is 5.20. The lowest BCUT2D eigenvalue weighted by atomic mass is 10.0. The molecule has 1 aliphatic carbocycles. The van der Waals surface area contributed by atoms with Crippen LogP contribution in [0.1, 0.15) is 53.5 Å². The topological polar surface area (TPSA) is 49.4 Å². The summed E-state index contributed by atoms with van der Waals surface area (Å²) in [6.45, 7) is 4.40. The number of amides is 2. The van der Waals surface area contributed by atoms with Gasteiger partial charge in [-0.2, -0.15) is 0 Å². The van der Waals surface area contributed by atoms with Crippen molar-refractivity contribution in [1.29, 1.82) is 0 Å². The van der Waals surface area contributed by atoms with Gasteiger partial charge in [-0.3, -0.25) is 9.59 Å². The summed E-state index contributed by atoms with van der Waals surface area (Å²) >= 11 is 1.56. The SMILES string of the molecule is Cc1cc(C)cc(CSCC(=O)N(Cc2ccc(F)cc2)C(Cc2ccccc2)C(=O)NC2CCCC2)c1. The third-order valence-electron chi connectivity index (χ3n) is 7.01. The summed E-state index contributed by atoms with van der Waals surface area (Å²) in [5, 5.41) is 3.22. The summed E-state index contributed by atoms with van der Waals surface area (Å²) in [5.74, 6) is 0.448. The van der Waals surface area contributed by atoms with Gasteiger partial charge in [-0.05, 0) is 55.5 Å². The van der Waals surface area contributed by atoms with E-state index in [-0.39, 0.29) is 36.0 Å². The number of hydrogen-bond donors (Lipinski definition) is 1. The number of carbonyl (C=O) groups is 2. The lowest BCUT2D eigenvalue weighted by Gasteiger charge is -2.32. The summed E-state index contributed by atoms with van der Waals surface area (Å²) in [4.78, 5) is 29.1. The van der Waals surface area contributed by atoms with Crippen molar-refractivity contribution in [3.8, 4) is 0 Å². The normalized spacial score (nSPS) is 14.3. The number of halogens is 1. The van der Waals surface area contributed by atoms with Crippen molar-refractivity contribution < 1.29 is 14.0 Å². The van der Waals surface area contributed by atoms with E-state index in [9.17, 15) is 14.0 Å². The lowest BCUT2D eigenvalue weighted by molar-refractivity contribution is -0.139. The van der Waals surface area contributed by atoms with Crippen molar-refractivity contribution in [3.63, 3.8) is 0 Å². The molecule has 200 valence electrons. The molecule has 0 heterocycles. The van der Waals surface area contributed by atoms with Crippen LogP contribution >= 0.6 is 11.8 Å². The standard InChI is InChI=1S/C32H37FN2O2S/c1-23-16-24(2)18-27(17-23)21-38-22-31(36)35(20-26-12-14-28(33)15-13-26)30(19-25-8-4-3-5-9-25)32(37)34-29-10-6-7-11-29/h3-5,8-9,12-18,29-30H,6-7,10-11,19-22H2,1-2H3,(H,34,37). The van der Waals surface area contributed by atoms with Crippen LogP contribution in [0.4, 0.5) is 4.39 Å². The quantitative estimate of drug-likeness (QED) is 0.312. The number of hydrogen-bond acceptors (Lipinski definition) is 3. The summed E-state index contributed by atoms with van der Waals surface area (Å²) in [7, 11) is 0. The highest BCUT2D eigenvalue weighted by molar-refractivity contribution is 7.99. The van der Waals surface area contributed by atoms with Crippen LogP contribution < -0.4 is 5.32 Å². The van der Waals surface area contributed by atoms with Crippen molar-refractivity contribution in [2.24, 2.45) is 0 Å². The maximum atomic E-state index is 13.8. The summed E-state index contributed by atoms with van der Waals surface area (Å²) < 4.78 is 13.6. The molecule has 2 amide bonds. The van der Waals surface area contributed by atoms with Crippen LogP contribution in [-0.4, -0.2) is 34.6 Å². The Kier molecular flexibility index (Phi) is 9.99. The second kappa shape index (κ2) is 13.6. The number of nitrogens with zero attached hydrogens (tertiary/aromatic N) is 1. The monoisotopic (exact) mass is 532 g/mol. The number of carbonyl (C=O) groups excluding carboxylic acids is 2. The molecular weight excluding hydrogens is 495 g/mol. The first-order valence-corrected chi connectivity index (χ1v) is 14.6. The molecule has 4 rings (SSSR count). The second-order valence-corrected chi connectivity index (χ2v) is 11.3. The average Bonchev–Trinajstić information content (AvgIpc) is 3.40. The van der Waals surface area contributed by atoms with Crippen molar-refractivity contribution in [2.75, 3.05) is 5.75 Å². The van der Waals surface area contributed by atoms with Crippen LogP contribution in [0.2, 0.25) is 0 Å². The van der Waals surface area contributed by atoms with Gasteiger partial charge in [0.05, 0.1) is 5.75 Å². The molecule has 0 radical (unpaired) electrons. The van der Waals surface area contributed by atoms with E-state index in [4.69, 9.17) is 0 Å². The van der Waals surface area contributed by atoms with Gasteiger partial charge in [0.15, 0.2) is 0 Å². The first-order chi connectivity index (χ1) is 18.4. The first-order valence-electron chi connectivity index (χ1n) is 13.4. The largest absolute Gasteiger partial charge is 0.352 e. The zero-order chi connectivity index (χ0) is 26.9. The summed E-state index contributed by atoms with van der Waals surface area (Å²) in [6.07, 6.45) is 4.60. The van der Waals surface area contributed by atoms with Gasteiger partial charge in [0.25, 0.3) is 0 Å². The third kappa shape index (κ3) is 8.19. The maximum Gasteiger partial charge on any atom is 0.243 e. The van der Waals surface area contributed by atoms with Crippen LogP contribution in [0.3, 0.4) is 0 Å². The van der Waals surface area contributed by atoms with Crippen LogP contribution in [0.5, 0.6) is 0 Å². The highest BCUT2D eigenvalue weighted by Gasteiger charge is 2.32. The molecular formula is C32H37FN2O2S. The van der Waals surface area contributed by atoms with E-state index in [2.05, 4.69) is 37.4 Å². The predicted octanol–water partition coefficient (Wildman–Crippen LogP) is 6.37. The Morgan fingerprint density at radius 2 is 1.58 bits per heavy atom. The van der Waals surface area contributed by atoms with E-state index < -0.39 is 6.04 Å². The first kappa shape index (κ1) is 27.9. The van der Waals surface area contributed by atoms with Crippen LogP contribution in [-0.2, 0) is 28.3 Å². The zero-order valence-corrected chi connectivity index (χ0v) is 23.1. The zero-order valence-electron chi connectivity index (χ0n) is 22.3. The maximum absolute atomic E-state index is 13.8. The van der Waals surface area contributed by atoms with Gasteiger partial charge in [-0.25, -0.2) is 4.39 Å². The molecule has 3 aromatic rings. The Morgan fingerprint density at radius 3 is 2.24 bits per heavy atom. The van der Waals surface area contributed by atoms with Gasteiger partial charge in [-0.15, -0.1) is 11.8 Å². The number of rotatable bonds is 11. The molecule has 1 N–H and O–H groups in total. The summed E-state index contributed by atoms with van der Waals surface area (Å²) in [5.41, 5.74) is 5.39. The molecule has 1 unspecified atom stereocenters. The van der Waals surface area contributed by atoms with Crippen molar-refractivity contribution in [1.82, 2.24) is 10.2 Å². The van der Waals surface area contributed by atoms with Gasteiger partial charge in [0, 0.05) is 24.8 Å². The average molecular weight is 533 g/mol. The van der Waals surface area contributed by atoms with E-state index in [1.165, 1.54) is 28.8 Å². The minimum atomic E-state index is -0.655. The van der Waals surface area contributed by atoms with E-state index in [1.54, 1.807) is 28.8 Å². The molecule has 1 saturated carbocycles. The Balaban J connectivity index is 1.56. The van der Waals surface area contributed by atoms with Gasteiger partial charge < -0.3 is 10.2 Å². The molecule has 1 aliphatic rings. The van der Waals surface area contributed by atoms with Gasteiger partial charge in [0.2, 0.25) is 11.8 Å². The highest BCUT2D eigenvalue weighted by Crippen LogP contribution is 2.22. The number of nitrogens with one attached hydrogen (secondary N) is 1. The molecule has 6 heteroatoms. The fraction of sp³-hybridized carbons (Fsp3) is 0.375. The molecule has 1 fully saturated rings. The highest BCUT2D eigenvalue weighted by atomic mass is 32.2. The molecule has 38 heavy (non-hydrogen) atoms. The smallest absolute Gasteiger partial charge is 0.243 e. The minimum absolute atomic E-state index is 0.0915. The number of aryl methyl sites for hydroxylation is 2. The third-order valence-corrected chi connectivity index (χ3v) is 8.00. The van der Waals surface area contributed by atoms with E-state index in [0.29, 0.717) is 6.42 Å². The Hall–Kier alpha value is -3.12. The number of thioether (sulfide) groups is 1.